The summed E-state index contributed by atoms with van der Waals surface area (Å²) >= 11 is 8.29. The number of carbonyl (C=O) groups is 3. The van der Waals surface area contributed by atoms with Crippen LogP contribution in [0.3, 0.4) is 0 Å². The van der Waals surface area contributed by atoms with E-state index in [9.17, 15) is 14.4 Å². The molecule has 1 fully saturated rings. The van der Waals surface area contributed by atoms with E-state index in [-0.39, 0.29) is 23.2 Å². The fourth-order valence-corrected chi connectivity index (χ4v) is 2.69. The third-order valence-electron chi connectivity index (χ3n) is 3.20. The number of carbonyl (C=O) groups excluding carboxylic acids is 3. The molecule has 1 saturated heterocycles. The molecular weight excluding hydrogens is 390 g/mol. The van der Waals surface area contributed by atoms with E-state index in [1.54, 1.807) is 6.07 Å². The normalized spacial score (nSPS) is 17.4. The molecular formula is C13H14BrN3O5S. The van der Waals surface area contributed by atoms with Crippen molar-refractivity contribution < 1.29 is 23.5 Å². The van der Waals surface area contributed by atoms with E-state index < -0.39 is 17.9 Å². The topological polar surface area (TPSA) is 101 Å². The minimum atomic E-state index is -0.827. The quantitative estimate of drug-likeness (QED) is 0.556. The molecule has 0 spiro atoms. The maximum absolute atomic E-state index is 12.0. The number of rotatable bonds is 3. The molecule has 23 heavy (non-hydrogen) atoms. The number of thiocarbonyl (C=S) groups is 1. The Morgan fingerprint density at radius 2 is 2.30 bits per heavy atom. The van der Waals surface area contributed by atoms with Crippen molar-refractivity contribution in [3.05, 3.63) is 22.6 Å². The van der Waals surface area contributed by atoms with Gasteiger partial charge in [0, 0.05) is 13.1 Å². The summed E-state index contributed by atoms with van der Waals surface area (Å²) in [5, 5.41) is 5.19. The number of amides is 2. The summed E-state index contributed by atoms with van der Waals surface area (Å²) in [5.41, 5.74) is 0. The summed E-state index contributed by atoms with van der Waals surface area (Å²) in [6.07, 6.45) is -0.162. The van der Waals surface area contributed by atoms with E-state index in [2.05, 4.69) is 31.3 Å². The molecule has 1 unspecified atom stereocenters. The highest BCUT2D eigenvalue weighted by molar-refractivity contribution is 9.10. The first-order valence-corrected chi connectivity index (χ1v) is 7.84. The average molecular weight is 404 g/mol. The first-order valence-electron chi connectivity index (χ1n) is 6.64. The molecule has 1 aromatic heterocycles. The number of halogens is 1. The molecule has 2 N–H and O–H groups in total. The van der Waals surface area contributed by atoms with E-state index in [0.717, 1.165) is 0 Å². The van der Waals surface area contributed by atoms with Gasteiger partial charge in [0.1, 0.15) is 6.04 Å². The van der Waals surface area contributed by atoms with Gasteiger partial charge in [0.25, 0.3) is 5.91 Å². The summed E-state index contributed by atoms with van der Waals surface area (Å²) < 4.78 is 10.1. The maximum Gasteiger partial charge on any atom is 0.308 e. The summed E-state index contributed by atoms with van der Waals surface area (Å²) in [6.45, 7) is 0.729. The highest BCUT2D eigenvalue weighted by Gasteiger charge is 2.34. The summed E-state index contributed by atoms with van der Waals surface area (Å²) in [5.74, 6) is -1.35. The van der Waals surface area contributed by atoms with Crippen LogP contribution < -0.4 is 10.6 Å². The Balaban J connectivity index is 2.07. The molecule has 1 atom stereocenters. The lowest BCUT2D eigenvalue weighted by Gasteiger charge is -2.35. The van der Waals surface area contributed by atoms with Crippen LogP contribution in [-0.2, 0) is 14.3 Å². The first-order chi connectivity index (χ1) is 10.9. The van der Waals surface area contributed by atoms with Crippen LogP contribution in [0.1, 0.15) is 17.0 Å². The first kappa shape index (κ1) is 17.4. The molecule has 2 heterocycles. The second-order valence-electron chi connectivity index (χ2n) is 4.64. The van der Waals surface area contributed by atoms with E-state index >= 15 is 0 Å². The largest absolute Gasteiger partial charge is 0.469 e. The fraction of sp³-hybridized carbons (Fsp3) is 0.385. The highest BCUT2D eigenvalue weighted by atomic mass is 79.9. The molecule has 1 aliphatic heterocycles. The van der Waals surface area contributed by atoms with Gasteiger partial charge in [-0.1, -0.05) is 0 Å². The van der Waals surface area contributed by atoms with Gasteiger partial charge in [0.15, 0.2) is 15.5 Å². The van der Waals surface area contributed by atoms with Crippen molar-refractivity contribution in [2.45, 2.75) is 12.5 Å². The summed E-state index contributed by atoms with van der Waals surface area (Å²) in [6, 6.07) is 2.23. The Hall–Kier alpha value is -1.94. The monoisotopic (exact) mass is 403 g/mol. The van der Waals surface area contributed by atoms with Gasteiger partial charge in [-0.05, 0) is 40.3 Å². The number of methoxy groups -OCH3 is 1. The van der Waals surface area contributed by atoms with E-state index in [1.807, 2.05) is 0 Å². The zero-order chi connectivity index (χ0) is 17.0. The van der Waals surface area contributed by atoms with Crippen molar-refractivity contribution in [3.8, 4) is 0 Å². The second-order valence-corrected chi connectivity index (χ2v) is 5.81. The Labute approximate surface area is 145 Å². The lowest BCUT2D eigenvalue weighted by molar-refractivity contribution is -0.144. The maximum atomic E-state index is 12.0. The van der Waals surface area contributed by atoms with Crippen LogP contribution in [-0.4, -0.2) is 54.0 Å². The van der Waals surface area contributed by atoms with Crippen molar-refractivity contribution in [3.63, 3.8) is 0 Å². The Morgan fingerprint density at radius 1 is 1.57 bits per heavy atom. The van der Waals surface area contributed by atoms with Crippen LogP contribution in [0.25, 0.3) is 0 Å². The van der Waals surface area contributed by atoms with Gasteiger partial charge in [-0.25, -0.2) is 0 Å². The fourth-order valence-electron chi connectivity index (χ4n) is 2.07. The molecule has 0 bridgehead atoms. The van der Waals surface area contributed by atoms with E-state index in [1.165, 1.54) is 18.1 Å². The number of esters is 1. The van der Waals surface area contributed by atoms with Crippen LogP contribution in [0.15, 0.2) is 21.2 Å². The van der Waals surface area contributed by atoms with Gasteiger partial charge in [0.05, 0.1) is 13.5 Å². The number of hydrogen-bond donors (Lipinski definition) is 2. The number of nitrogens with zero attached hydrogens (tertiary/aromatic N) is 1. The molecule has 0 radical (unpaired) electrons. The molecule has 124 valence electrons. The Morgan fingerprint density at radius 3 is 2.91 bits per heavy atom. The van der Waals surface area contributed by atoms with Gasteiger partial charge in [-0.15, -0.1) is 0 Å². The number of ether oxygens (including phenoxy) is 1. The zero-order valence-electron chi connectivity index (χ0n) is 12.1. The number of furan rings is 1. The predicted molar refractivity (Wildman–Crippen MR) is 86.6 cm³/mol. The standard InChI is InChI=1S/C13H14BrN3O5S/c1-21-10(18)6-7-11(19)15-4-5-17(7)13(23)16-12(20)8-2-3-9(14)22-8/h2-3,7H,4-6H2,1H3,(H,15,19)(H,16,20,23). The molecule has 0 aliphatic carbocycles. The van der Waals surface area contributed by atoms with Crippen LogP contribution in [0.5, 0.6) is 0 Å². The van der Waals surface area contributed by atoms with Crippen LogP contribution >= 0.6 is 28.1 Å². The van der Waals surface area contributed by atoms with Gasteiger partial charge < -0.3 is 19.4 Å². The molecule has 2 rings (SSSR count). The van der Waals surface area contributed by atoms with Crippen LogP contribution in [0.2, 0.25) is 0 Å². The van der Waals surface area contributed by atoms with E-state index in [0.29, 0.717) is 17.8 Å². The number of hydrogen-bond acceptors (Lipinski definition) is 6. The van der Waals surface area contributed by atoms with Gasteiger partial charge in [-0.2, -0.15) is 0 Å². The molecule has 0 aromatic carbocycles. The average Bonchev–Trinajstić information content (AvgIpc) is 2.95. The SMILES string of the molecule is COC(=O)CC1C(=O)NCCN1C(=S)NC(=O)c1ccc(Br)o1. The predicted octanol–water partition coefficient (Wildman–Crippen LogP) is 0.420. The number of nitrogens with one attached hydrogen (secondary N) is 2. The third-order valence-corrected chi connectivity index (χ3v) is 3.96. The van der Waals surface area contributed by atoms with Crippen molar-refractivity contribution in [1.82, 2.24) is 15.5 Å². The molecule has 8 nitrogen and oxygen atoms in total. The van der Waals surface area contributed by atoms with Crippen molar-refractivity contribution in [2.75, 3.05) is 20.2 Å². The third kappa shape index (κ3) is 4.29. The van der Waals surface area contributed by atoms with Crippen molar-refractivity contribution in [2.24, 2.45) is 0 Å². The van der Waals surface area contributed by atoms with Gasteiger partial charge in [0.2, 0.25) is 5.91 Å². The Bertz CT molecular complexity index is 647. The molecule has 10 heteroatoms. The minimum absolute atomic E-state index is 0.0475. The summed E-state index contributed by atoms with van der Waals surface area (Å²) in [4.78, 5) is 37.0. The lowest BCUT2D eigenvalue weighted by atomic mass is 10.1. The molecule has 1 aliphatic rings. The Kier molecular flexibility index (Phi) is 5.72. The lowest BCUT2D eigenvalue weighted by Crippen LogP contribution is -2.60. The molecule has 1 aromatic rings. The second kappa shape index (κ2) is 7.55. The smallest absolute Gasteiger partial charge is 0.308 e. The molecule has 2 amide bonds. The van der Waals surface area contributed by atoms with Crippen molar-refractivity contribution in [1.29, 1.82) is 0 Å². The van der Waals surface area contributed by atoms with Crippen LogP contribution in [0.4, 0.5) is 0 Å². The minimum Gasteiger partial charge on any atom is -0.469 e. The van der Waals surface area contributed by atoms with Gasteiger partial charge >= 0.3 is 5.97 Å². The van der Waals surface area contributed by atoms with E-state index in [4.69, 9.17) is 16.6 Å². The molecule has 0 saturated carbocycles. The van der Waals surface area contributed by atoms with Crippen molar-refractivity contribution >= 4 is 51.0 Å². The van der Waals surface area contributed by atoms with Gasteiger partial charge in [-0.3, -0.25) is 19.7 Å². The highest BCUT2D eigenvalue weighted by Crippen LogP contribution is 2.15. The van der Waals surface area contributed by atoms with Crippen LogP contribution in [0, 0.1) is 0 Å². The zero-order valence-corrected chi connectivity index (χ0v) is 14.5. The summed E-state index contributed by atoms with van der Waals surface area (Å²) in [7, 11) is 1.24. The number of piperazine rings is 1.